The van der Waals surface area contributed by atoms with E-state index in [9.17, 15) is 9.18 Å². The van der Waals surface area contributed by atoms with E-state index in [2.05, 4.69) is 5.32 Å². The highest BCUT2D eigenvalue weighted by atomic mass is 19.1. The Balaban J connectivity index is 1.94. The van der Waals surface area contributed by atoms with Crippen molar-refractivity contribution in [2.75, 3.05) is 0 Å². The maximum atomic E-state index is 12.7. The number of hydrogen-bond donors (Lipinski definition) is 2. The smallest absolute Gasteiger partial charge is 0.304 e. The molecular weight excluding hydrogens is 221 g/mol. The molecule has 1 atom stereocenters. The van der Waals surface area contributed by atoms with E-state index in [0.29, 0.717) is 12.5 Å². The summed E-state index contributed by atoms with van der Waals surface area (Å²) in [4.78, 5) is 10.8. The molecule has 0 amide bonds. The predicted molar refractivity (Wildman–Crippen MR) is 62.3 cm³/mol. The predicted octanol–water partition coefficient (Wildman–Crippen LogP) is 1.96. The molecule has 0 radical (unpaired) electrons. The van der Waals surface area contributed by atoms with Crippen molar-refractivity contribution < 1.29 is 14.3 Å². The normalized spacial score (nSPS) is 16.8. The first kappa shape index (κ1) is 12.0. The summed E-state index contributed by atoms with van der Waals surface area (Å²) < 4.78 is 12.7. The molecule has 1 aromatic rings. The van der Waals surface area contributed by atoms with Crippen LogP contribution < -0.4 is 5.32 Å². The Labute approximate surface area is 99.7 Å². The van der Waals surface area contributed by atoms with Gasteiger partial charge >= 0.3 is 5.97 Å². The van der Waals surface area contributed by atoms with Gasteiger partial charge in [-0.1, -0.05) is 12.1 Å². The van der Waals surface area contributed by atoms with Crippen LogP contribution >= 0.6 is 0 Å². The Kier molecular flexibility index (Phi) is 3.74. The molecule has 1 unspecified atom stereocenters. The second kappa shape index (κ2) is 5.27. The monoisotopic (exact) mass is 237 g/mol. The molecule has 17 heavy (non-hydrogen) atoms. The lowest BCUT2D eigenvalue weighted by molar-refractivity contribution is -0.137. The molecule has 0 saturated heterocycles. The number of halogens is 1. The highest BCUT2D eigenvalue weighted by Gasteiger charge is 2.25. The van der Waals surface area contributed by atoms with Gasteiger partial charge in [0.2, 0.25) is 0 Å². The number of hydrogen-bond acceptors (Lipinski definition) is 2. The fourth-order valence-corrected chi connectivity index (χ4v) is 1.89. The zero-order chi connectivity index (χ0) is 12.3. The van der Waals surface area contributed by atoms with E-state index >= 15 is 0 Å². The van der Waals surface area contributed by atoms with E-state index < -0.39 is 5.97 Å². The van der Waals surface area contributed by atoms with Crippen LogP contribution in [0.3, 0.4) is 0 Å². The van der Waals surface area contributed by atoms with Gasteiger partial charge in [-0.2, -0.15) is 0 Å². The summed E-state index contributed by atoms with van der Waals surface area (Å²) in [5.41, 5.74) is 0.964. The van der Waals surface area contributed by atoms with Crippen molar-refractivity contribution in [3.8, 4) is 0 Å². The summed E-state index contributed by atoms with van der Waals surface area (Å²) in [6.07, 6.45) is 2.98. The Morgan fingerprint density at radius 1 is 1.41 bits per heavy atom. The molecule has 2 rings (SSSR count). The van der Waals surface area contributed by atoms with Crippen LogP contribution in [0.25, 0.3) is 0 Å². The van der Waals surface area contributed by atoms with Crippen LogP contribution in [-0.2, 0) is 11.2 Å². The Bertz CT molecular complexity index is 387. The zero-order valence-electron chi connectivity index (χ0n) is 9.53. The molecule has 1 aliphatic carbocycles. The summed E-state index contributed by atoms with van der Waals surface area (Å²) in [7, 11) is 0. The third-order valence-electron chi connectivity index (χ3n) is 2.87. The molecule has 92 valence electrons. The molecule has 3 nitrogen and oxygen atoms in total. The van der Waals surface area contributed by atoms with Gasteiger partial charge < -0.3 is 10.4 Å². The van der Waals surface area contributed by atoms with Crippen molar-refractivity contribution in [3.05, 3.63) is 35.6 Å². The minimum Gasteiger partial charge on any atom is -0.481 e. The van der Waals surface area contributed by atoms with E-state index in [1.54, 1.807) is 12.1 Å². The van der Waals surface area contributed by atoms with Crippen LogP contribution in [0.2, 0.25) is 0 Å². The number of benzene rings is 1. The van der Waals surface area contributed by atoms with E-state index in [-0.39, 0.29) is 18.3 Å². The topological polar surface area (TPSA) is 49.3 Å². The first-order valence-electron chi connectivity index (χ1n) is 5.86. The maximum Gasteiger partial charge on any atom is 0.304 e. The summed E-state index contributed by atoms with van der Waals surface area (Å²) in [6.45, 7) is 0. The minimum absolute atomic E-state index is 0.0644. The lowest BCUT2D eigenvalue weighted by Gasteiger charge is -2.16. The molecule has 1 aliphatic rings. The first-order valence-corrected chi connectivity index (χ1v) is 5.86. The molecule has 4 heteroatoms. The van der Waals surface area contributed by atoms with Gasteiger partial charge in [0, 0.05) is 12.1 Å². The second-order valence-electron chi connectivity index (χ2n) is 4.57. The fraction of sp³-hybridized carbons (Fsp3) is 0.462. The highest BCUT2D eigenvalue weighted by molar-refractivity contribution is 5.67. The lowest BCUT2D eigenvalue weighted by atomic mass is 10.0. The summed E-state index contributed by atoms with van der Waals surface area (Å²) in [5.74, 6) is -1.07. The van der Waals surface area contributed by atoms with Crippen LogP contribution in [-0.4, -0.2) is 23.2 Å². The van der Waals surface area contributed by atoms with Crippen molar-refractivity contribution in [1.29, 1.82) is 0 Å². The van der Waals surface area contributed by atoms with E-state index in [4.69, 9.17) is 5.11 Å². The van der Waals surface area contributed by atoms with Crippen molar-refractivity contribution >= 4 is 5.97 Å². The van der Waals surface area contributed by atoms with Gasteiger partial charge in [0.1, 0.15) is 5.82 Å². The zero-order valence-corrected chi connectivity index (χ0v) is 9.53. The molecule has 0 aromatic heterocycles. The molecule has 0 aliphatic heterocycles. The van der Waals surface area contributed by atoms with Gasteiger partial charge in [0.05, 0.1) is 6.42 Å². The quantitative estimate of drug-likeness (QED) is 0.795. The summed E-state index contributed by atoms with van der Waals surface area (Å²) in [6, 6.07) is 6.64. The van der Waals surface area contributed by atoms with Crippen LogP contribution in [0.1, 0.15) is 24.8 Å². The average molecular weight is 237 g/mol. The molecule has 2 N–H and O–H groups in total. The van der Waals surface area contributed by atoms with Gasteiger partial charge in [0.25, 0.3) is 0 Å². The molecule has 1 fully saturated rings. The second-order valence-corrected chi connectivity index (χ2v) is 4.57. The summed E-state index contributed by atoms with van der Waals surface area (Å²) in [5, 5.41) is 12.2. The lowest BCUT2D eigenvalue weighted by Crippen LogP contribution is -2.35. The Morgan fingerprint density at radius 3 is 2.59 bits per heavy atom. The molecule has 0 bridgehead atoms. The van der Waals surface area contributed by atoms with Gasteiger partial charge in [0.15, 0.2) is 0 Å². The fourth-order valence-electron chi connectivity index (χ4n) is 1.89. The summed E-state index contributed by atoms with van der Waals surface area (Å²) >= 11 is 0. The molecule has 0 spiro atoms. The van der Waals surface area contributed by atoms with Crippen molar-refractivity contribution in [3.63, 3.8) is 0 Å². The van der Waals surface area contributed by atoms with Crippen LogP contribution in [0.4, 0.5) is 4.39 Å². The Hall–Kier alpha value is -1.42. The molecular formula is C13H16FNO2. The highest BCUT2D eigenvalue weighted by Crippen LogP contribution is 2.21. The standard InChI is InChI=1S/C13H16FNO2/c14-10-3-1-9(2-4-10)7-12(8-13(16)17)15-11-5-6-11/h1-4,11-12,15H,5-8H2,(H,16,17). The third kappa shape index (κ3) is 4.15. The van der Waals surface area contributed by atoms with Crippen molar-refractivity contribution in [2.45, 2.75) is 37.8 Å². The van der Waals surface area contributed by atoms with Gasteiger partial charge in [-0.15, -0.1) is 0 Å². The van der Waals surface area contributed by atoms with Crippen LogP contribution in [0.15, 0.2) is 24.3 Å². The van der Waals surface area contributed by atoms with Gasteiger partial charge in [-0.05, 0) is 37.0 Å². The average Bonchev–Trinajstić information content (AvgIpc) is 3.04. The number of nitrogens with one attached hydrogen (secondary N) is 1. The molecule has 1 aromatic carbocycles. The number of aliphatic carboxylic acids is 1. The molecule has 0 heterocycles. The largest absolute Gasteiger partial charge is 0.481 e. The van der Waals surface area contributed by atoms with E-state index in [1.807, 2.05) is 0 Å². The third-order valence-corrected chi connectivity index (χ3v) is 2.87. The maximum absolute atomic E-state index is 12.7. The van der Waals surface area contributed by atoms with Crippen molar-refractivity contribution in [2.24, 2.45) is 0 Å². The van der Waals surface area contributed by atoms with Gasteiger partial charge in [-0.25, -0.2) is 4.39 Å². The van der Waals surface area contributed by atoms with Crippen LogP contribution in [0, 0.1) is 5.82 Å². The van der Waals surface area contributed by atoms with Crippen LogP contribution in [0.5, 0.6) is 0 Å². The van der Waals surface area contributed by atoms with E-state index in [0.717, 1.165) is 18.4 Å². The number of carboxylic acid groups (broad SMARTS) is 1. The van der Waals surface area contributed by atoms with Gasteiger partial charge in [-0.3, -0.25) is 4.79 Å². The Morgan fingerprint density at radius 2 is 2.06 bits per heavy atom. The van der Waals surface area contributed by atoms with Crippen molar-refractivity contribution in [1.82, 2.24) is 5.32 Å². The number of rotatable bonds is 6. The molecule has 1 saturated carbocycles. The number of carbonyl (C=O) groups is 1. The SMILES string of the molecule is O=C(O)CC(Cc1ccc(F)cc1)NC1CC1. The number of carboxylic acids is 1. The minimum atomic E-state index is -0.801. The van der Waals surface area contributed by atoms with E-state index in [1.165, 1.54) is 12.1 Å². The first-order chi connectivity index (χ1) is 8.13.